The van der Waals surface area contributed by atoms with Crippen LogP contribution in [0, 0.1) is 17.5 Å². The highest BCUT2D eigenvalue weighted by Crippen LogP contribution is 2.36. The maximum Gasteiger partial charge on any atom is 0.336 e. The van der Waals surface area contributed by atoms with Crippen LogP contribution in [0.5, 0.6) is 11.5 Å². The third-order valence-corrected chi connectivity index (χ3v) is 8.11. The summed E-state index contributed by atoms with van der Waals surface area (Å²) in [5.41, 5.74) is 0.509. The van der Waals surface area contributed by atoms with Gasteiger partial charge in [-0.1, -0.05) is 109 Å². The number of unbranched alkanes of at least 4 members (excludes halogenated alkanes) is 13. The second-order valence-electron chi connectivity index (χ2n) is 11.7. The molecule has 246 valence electrons. The predicted octanol–water partition coefficient (Wildman–Crippen LogP) is 11.8. The largest absolute Gasteiger partial charge is 0.491 e. The Balaban J connectivity index is 1.66. The highest BCUT2D eigenvalue weighted by Gasteiger charge is 2.21. The Labute approximate surface area is 267 Å². The van der Waals surface area contributed by atoms with Crippen LogP contribution in [0.1, 0.15) is 121 Å². The van der Waals surface area contributed by atoms with Gasteiger partial charge in [0.1, 0.15) is 0 Å². The molecule has 0 radical (unpaired) electrons. The van der Waals surface area contributed by atoms with Crippen molar-refractivity contribution < 1.29 is 32.5 Å². The van der Waals surface area contributed by atoms with Crippen LogP contribution in [0.15, 0.2) is 48.5 Å². The average molecular weight is 627 g/mol. The molecule has 0 spiro atoms. The van der Waals surface area contributed by atoms with E-state index in [1.807, 2.05) is 0 Å². The minimum atomic E-state index is -1.29. The molecule has 0 bridgehead atoms. The number of carbonyl (C=O) groups is 1. The number of carboxylic acid groups (broad SMARTS) is 1. The Morgan fingerprint density at radius 2 is 1.07 bits per heavy atom. The fraction of sp³-hybridized carbons (Fsp3) is 0.500. The molecule has 4 nitrogen and oxygen atoms in total. The van der Waals surface area contributed by atoms with Crippen molar-refractivity contribution in [2.24, 2.45) is 0 Å². The van der Waals surface area contributed by atoms with Crippen molar-refractivity contribution in [1.29, 1.82) is 0 Å². The summed E-state index contributed by atoms with van der Waals surface area (Å²) in [6.45, 7) is 5.06. The lowest BCUT2D eigenvalue weighted by atomic mass is 9.94. The van der Waals surface area contributed by atoms with E-state index in [1.54, 1.807) is 6.07 Å². The molecule has 0 saturated carbocycles. The Kier molecular flexibility index (Phi) is 15.8. The van der Waals surface area contributed by atoms with Crippen molar-refractivity contribution in [3.05, 3.63) is 71.5 Å². The first kappa shape index (κ1) is 36.0. The number of hydrogen-bond acceptors (Lipinski definition) is 3. The van der Waals surface area contributed by atoms with Crippen LogP contribution in [0.4, 0.5) is 13.2 Å². The van der Waals surface area contributed by atoms with Crippen molar-refractivity contribution in [2.45, 2.75) is 110 Å². The van der Waals surface area contributed by atoms with Crippen molar-refractivity contribution in [1.82, 2.24) is 0 Å². The van der Waals surface area contributed by atoms with Crippen LogP contribution in [-0.4, -0.2) is 24.3 Å². The quantitative estimate of drug-likeness (QED) is 0.113. The number of rotatable bonds is 22. The SMILES string of the molecule is CCCCCCCCCCOc1ccc(-c2cc(-c3ccc(OCCCCCCCCC)c(F)c3)ccc2C(=O)O)c(F)c1F. The highest BCUT2D eigenvalue weighted by molar-refractivity contribution is 5.97. The summed E-state index contributed by atoms with van der Waals surface area (Å²) in [7, 11) is 0. The van der Waals surface area contributed by atoms with Gasteiger partial charge in [-0.05, 0) is 65.9 Å². The van der Waals surface area contributed by atoms with Crippen LogP contribution in [0.25, 0.3) is 22.3 Å². The monoisotopic (exact) mass is 626 g/mol. The maximum atomic E-state index is 15.3. The molecule has 0 unspecified atom stereocenters. The number of benzene rings is 3. The second kappa shape index (κ2) is 19.8. The van der Waals surface area contributed by atoms with Gasteiger partial charge < -0.3 is 14.6 Å². The van der Waals surface area contributed by atoms with Gasteiger partial charge in [-0.2, -0.15) is 4.39 Å². The van der Waals surface area contributed by atoms with Gasteiger partial charge >= 0.3 is 5.97 Å². The number of hydrogen-bond donors (Lipinski definition) is 1. The molecule has 0 fully saturated rings. The molecule has 0 atom stereocenters. The van der Waals surface area contributed by atoms with Gasteiger partial charge in [-0.15, -0.1) is 0 Å². The molecule has 0 aliphatic heterocycles. The van der Waals surface area contributed by atoms with E-state index in [4.69, 9.17) is 9.47 Å². The molecule has 0 aliphatic carbocycles. The standard InChI is InChI=1S/C38H49F3O4/c1-3-5-7-9-11-13-15-17-25-45-35-23-21-30(36(40)37(35)41)32-26-28(18-20-31(32)38(42)43)29-19-22-34(33(39)27-29)44-24-16-14-12-10-8-6-4-2/h18-23,26-27H,3-17,24-25H2,1-2H3,(H,42,43). The van der Waals surface area contributed by atoms with E-state index < -0.39 is 23.4 Å². The summed E-state index contributed by atoms with van der Waals surface area (Å²) in [6.07, 6.45) is 16.8. The maximum absolute atomic E-state index is 15.3. The Hall–Kier alpha value is -3.48. The predicted molar refractivity (Wildman–Crippen MR) is 176 cm³/mol. The first-order valence-corrected chi connectivity index (χ1v) is 16.8. The van der Waals surface area contributed by atoms with E-state index >= 15 is 8.78 Å². The van der Waals surface area contributed by atoms with E-state index in [1.165, 1.54) is 93.8 Å². The number of aromatic carboxylic acids is 1. The zero-order chi connectivity index (χ0) is 32.4. The molecule has 0 amide bonds. The molecular weight excluding hydrogens is 577 g/mol. The van der Waals surface area contributed by atoms with E-state index in [0.717, 1.165) is 44.9 Å². The number of carboxylic acids is 1. The fourth-order valence-corrected chi connectivity index (χ4v) is 5.44. The minimum Gasteiger partial charge on any atom is -0.491 e. The van der Waals surface area contributed by atoms with Crippen LogP contribution in [0.3, 0.4) is 0 Å². The molecule has 0 aromatic heterocycles. The Bertz CT molecular complexity index is 1340. The van der Waals surface area contributed by atoms with Gasteiger partial charge in [0.25, 0.3) is 0 Å². The van der Waals surface area contributed by atoms with Crippen LogP contribution < -0.4 is 9.47 Å². The molecule has 3 aromatic carbocycles. The third kappa shape index (κ3) is 11.4. The molecular formula is C38H49F3O4. The molecule has 1 N–H and O–H groups in total. The van der Waals surface area contributed by atoms with Crippen LogP contribution >= 0.6 is 0 Å². The minimum absolute atomic E-state index is 0.00862. The lowest BCUT2D eigenvalue weighted by Gasteiger charge is -2.14. The number of halogens is 3. The topological polar surface area (TPSA) is 55.8 Å². The molecule has 3 aromatic rings. The summed E-state index contributed by atoms with van der Waals surface area (Å²) in [5.74, 6) is -4.25. The first-order chi connectivity index (χ1) is 21.9. The van der Waals surface area contributed by atoms with Gasteiger partial charge in [-0.25, -0.2) is 13.6 Å². The molecule has 0 aliphatic rings. The first-order valence-electron chi connectivity index (χ1n) is 16.8. The lowest BCUT2D eigenvalue weighted by Crippen LogP contribution is -2.04. The molecule has 0 saturated heterocycles. The summed E-state index contributed by atoms with van der Waals surface area (Å²) in [6, 6.07) is 11.4. The van der Waals surface area contributed by atoms with Gasteiger partial charge in [0.2, 0.25) is 5.82 Å². The molecule has 3 rings (SSSR count). The summed E-state index contributed by atoms with van der Waals surface area (Å²) in [5, 5.41) is 9.79. The molecule has 0 heterocycles. The van der Waals surface area contributed by atoms with Crippen LogP contribution in [-0.2, 0) is 0 Å². The Morgan fingerprint density at radius 3 is 1.62 bits per heavy atom. The van der Waals surface area contributed by atoms with E-state index in [9.17, 15) is 14.3 Å². The normalized spacial score (nSPS) is 11.1. The fourth-order valence-electron chi connectivity index (χ4n) is 5.44. The third-order valence-electron chi connectivity index (χ3n) is 8.11. The molecule has 45 heavy (non-hydrogen) atoms. The zero-order valence-corrected chi connectivity index (χ0v) is 26.9. The second-order valence-corrected chi connectivity index (χ2v) is 11.7. The van der Waals surface area contributed by atoms with Gasteiger partial charge in [0.05, 0.1) is 18.8 Å². The van der Waals surface area contributed by atoms with Crippen molar-refractivity contribution >= 4 is 5.97 Å². The summed E-state index contributed by atoms with van der Waals surface area (Å²) in [4.78, 5) is 12.0. The van der Waals surface area contributed by atoms with Crippen LogP contribution in [0.2, 0.25) is 0 Å². The van der Waals surface area contributed by atoms with Gasteiger partial charge in [-0.3, -0.25) is 0 Å². The highest BCUT2D eigenvalue weighted by atomic mass is 19.2. The number of ether oxygens (including phenoxy) is 2. The Morgan fingerprint density at radius 1 is 0.578 bits per heavy atom. The van der Waals surface area contributed by atoms with E-state index in [0.29, 0.717) is 17.7 Å². The van der Waals surface area contributed by atoms with Gasteiger partial charge in [0, 0.05) is 5.56 Å². The van der Waals surface area contributed by atoms with E-state index in [2.05, 4.69) is 13.8 Å². The molecule has 7 heteroatoms. The van der Waals surface area contributed by atoms with Crippen molar-refractivity contribution in [3.63, 3.8) is 0 Å². The van der Waals surface area contributed by atoms with Crippen molar-refractivity contribution in [3.8, 4) is 33.8 Å². The zero-order valence-electron chi connectivity index (χ0n) is 26.9. The average Bonchev–Trinajstić information content (AvgIpc) is 3.03. The van der Waals surface area contributed by atoms with E-state index in [-0.39, 0.29) is 34.8 Å². The van der Waals surface area contributed by atoms with Crippen molar-refractivity contribution in [2.75, 3.05) is 13.2 Å². The summed E-state index contributed by atoms with van der Waals surface area (Å²) >= 11 is 0. The summed E-state index contributed by atoms with van der Waals surface area (Å²) < 4.78 is 56.5. The smallest absolute Gasteiger partial charge is 0.336 e. The van der Waals surface area contributed by atoms with Gasteiger partial charge in [0.15, 0.2) is 23.1 Å². The lowest BCUT2D eigenvalue weighted by molar-refractivity contribution is 0.0697.